The van der Waals surface area contributed by atoms with Crippen LogP contribution in [0.25, 0.3) is 10.6 Å². The van der Waals surface area contributed by atoms with Crippen molar-refractivity contribution in [3.63, 3.8) is 0 Å². The number of aromatic nitrogens is 2. The number of carbonyl (C=O) groups excluding carboxylic acids is 2. The molecule has 2 heterocycles. The molecule has 0 aliphatic heterocycles. The maximum absolute atomic E-state index is 13.5. The van der Waals surface area contributed by atoms with Crippen molar-refractivity contribution in [2.75, 3.05) is 4.72 Å². The zero-order chi connectivity index (χ0) is 27.9. The Morgan fingerprint density at radius 3 is 2.45 bits per heavy atom. The number of nitrogens with zero attached hydrogens (tertiary/aromatic N) is 1. The molecule has 2 amide bonds. The zero-order valence-corrected chi connectivity index (χ0v) is 23.7. The summed E-state index contributed by atoms with van der Waals surface area (Å²) in [5.74, 6) is 0.341. The van der Waals surface area contributed by atoms with Crippen LogP contribution in [0.3, 0.4) is 0 Å². The van der Waals surface area contributed by atoms with Crippen LogP contribution >= 0.6 is 11.3 Å². The first-order valence-electron chi connectivity index (χ1n) is 12.2. The molecule has 3 aromatic rings. The number of nitrogens with one attached hydrogen (secondary N) is 4. The molecular formula is C26H34N5O5S2-. The lowest BCUT2D eigenvalue weighted by Crippen LogP contribution is -2.49. The minimum Gasteiger partial charge on any atom is -0.755 e. The minimum atomic E-state index is -2.42. The van der Waals surface area contributed by atoms with Gasteiger partial charge in [-0.25, -0.2) is 9.78 Å². The van der Waals surface area contributed by atoms with Crippen LogP contribution in [-0.2, 0) is 27.2 Å². The summed E-state index contributed by atoms with van der Waals surface area (Å²) < 4.78 is 29.5. The number of H-pyrrole nitrogens is 1. The van der Waals surface area contributed by atoms with Crippen molar-refractivity contribution in [1.29, 1.82) is 0 Å². The van der Waals surface area contributed by atoms with E-state index >= 15 is 0 Å². The number of rotatable bonds is 11. The third-order valence-electron chi connectivity index (χ3n) is 5.34. The second-order valence-electron chi connectivity index (χ2n) is 10.3. The van der Waals surface area contributed by atoms with E-state index in [0.29, 0.717) is 24.4 Å². The fraction of sp³-hybridized carbons (Fsp3) is 0.423. The number of amides is 2. The molecule has 0 aliphatic carbocycles. The van der Waals surface area contributed by atoms with Crippen molar-refractivity contribution >= 4 is 40.3 Å². The van der Waals surface area contributed by atoms with Crippen LogP contribution in [-0.4, -0.2) is 42.4 Å². The number of hydrogen-bond donors (Lipinski definition) is 4. The standard InChI is InChI=1S/C26H35N5O5S2/c1-16(2)13-20(30-25(33)36-26(3,4)5)24(32)29-19(14-17-8-10-18(11-9-17)31-38(34)35)23-27-15-21(28-23)22-7-6-12-37-22/h6-12,15-16,19-20,31H,13-14H2,1-5H3,(H,27,28)(H,29,32)(H,30,33)(H,34,35)/p-1/t19-,20-/m0/s1. The minimum absolute atomic E-state index is 0.139. The fourth-order valence-electron chi connectivity index (χ4n) is 3.75. The highest BCUT2D eigenvalue weighted by Gasteiger charge is 2.28. The molecule has 3 rings (SSSR count). The Balaban J connectivity index is 1.84. The van der Waals surface area contributed by atoms with Crippen molar-refractivity contribution in [1.82, 2.24) is 20.6 Å². The Morgan fingerprint density at radius 1 is 1.16 bits per heavy atom. The van der Waals surface area contributed by atoms with Crippen molar-refractivity contribution in [2.24, 2.45) is 5.92 Å². The highest BCUT2D eigenvalue weighted by molar-refractivity contribution is 7.80. The maximum atomic E-state index is 13.5. The molecule has 0 saturated carbocycles. The van der Waals surface area contributed by atoms with Gasteiger partial charge in [0.1, 0.15) is 17.5 Å². The van der Waals surface area contributed by atoms with E-state index in [-0.39, 0.29) is 11.8 Å². The lowest BCUT2D eigenvalue weighted by Gasteiger charge is -2.26. The summed E-state index contributed by atoms with van der Waals surface area (Å²) in [5.41, 5.74) is 1.42. The molecule has 4 N–H and O–H groups in total. The Hall–Kier alpha value is -3.22. The van der Waals surface area contributed by atoms with Gasteiger partial charge in [-0.1, -0.05) is 32.0 Å². The molecule has 1 unspecified atom stereocenters. The van der Waals surface area contributed by atoms with Crippen LogP contribution in [0.15, 0.2) is 48.0 Å². The van der Waals surface area contributed by atoms with Gasteiger partial charge >= 0.3 is 6.09 Å². The van der Waals surface area contributed by atoms with Crippen molar-refractivity contribution in [2.45, 2.75) is 65.1 Å². The number of benzene rings is 1. The van der Waals surface area contributed by atoms with Gasteiger partial charge in [0, 0.05) is 17.0 Å². The average molecular weight is 561 g/mol. The summed E-state index contributed by atoms with van der Waals surface area (Å²) >= 11 is -0.850. The Labute approximate surface area is 229 Å². The van der Waals surface area contributed by atoms with E-state index in [4.69, 9.17) is 4.74 Å². The zero-order valence-electron chi connectivity index (χ0n) is 22.1. The van der Waals surface area contributed by atoms with E-state index in [1.54, 1.807) is 62.6 Å². The van der Waals surface area contributed by atoms with E-state index in [1.165, 1.54) is 0 Å². The van der Waals surface area contributed by atoms with E-state index in [1.807, 2.05) is 31.4 Å². The summed E-state index contributed by atoms with van der Waals surface area (Å²) in [4.78, 5) is 34.8. The molecule has 2 aromatic heterocycles. The van der Waals surface area contributed by atoms with Gasteiger partial charge < -0.3 is 29.6 Å². The molecule has 0 bridgehead atoms. The summed E-state index contributed by atoms with van der Waals surface area (Å²) in [6.07, 6.45) is 1.86. The molecule has 0 spiro atoms. The van der Waals surface area contributed by atoms with E-state index < -0.39 is 35.0 Å². The van der Waals surface area contributed by atoms with Gasteiger partial charge in [-0.15, -0.1) is 11.3 Å². The first-order chi connectivity index (χ1) is 17.9. The second kappa shape index (κ2) is 13.0. The molecule has 38 heavy (non-hydrogen) atoms. The molecule has 0 radical (unpaired) electrons. The lowest BCUT2D eigenvalue weighted by molar-refractivity contribution is -0.124. The van der Waals surface area contributed by atoms with Crippen LogP contribution in [0.4, 0.5) is 10.5 Å². The maximum Gasteiger partial charge on any atom is 0.408 e. The monoisotopic (exact) mass is 560 g/mol. The fourth-order valence-corrected chi connectivity index (χ4v) is 4.77. The predicted octanol–water partition coefficient (Wildman–Crippen LogP) is 4.68. The van der Waals surface area contributed by atoms with Gasteiger partial charge in [0.05, 0.1) is 22.8 Å². The molecule has 12 heteroatoms. The third kappa shape index (κ3) is 9.26. The molecule has 0 fully saturated rings. The lowest BCUT2D eigenvalue weighted by atomic mass is 10.0. The van der Waals surface area contributed by atoms with Crippen LogP contribution < -0.4 is 15.4 Å². The summed E-state index contributed by atoms with van der Waals surface area (Å²) in [6, 6.07) is 9.43. The number of hydrogen-bond acceptors (Lipinski definition) is 7. The number of imidazole rings is 1. The van der Waals surface area contributed by atoms with Crippen LogP contribution in [0.2, 0.25) is 0 Å². The van der Waals surface area contributed by atoms with Gasteiger partial charge in [-0.05, 0) is 68.7 Å². The Morgan fingerprint density at radius 2 is 1.87 bits per heavy atom. The molecular weight excluding hydrogens is 526 g/mol. The largest absolute Gasteiger partial charge is 0.755 e. The molecule has 0 saturated heterocycles. The predicted molar refractivity (Wildman–Crippen MR) is 148 cm³/mol. The second-order valence-corrected chi connectivity index (χ2v) is 11.9. The highest BCUT2D eigenvalue weighted by atomic mass is 32.2. The van der Waals surface area contributed by atoms with Gasteiger partial charge in [-0.3, -0.25) is 9.00 Å². The quantitative estimate of drug-likeness (QED) is 0.250. The molecule has 0 aliphatic rings. The number of aromatic amines is 1. The number of anilines is 1. The summed E-state index contributed by atoms with van der Waals surface area (Å²) in [6.45, 7) is 9.23. The third-order valence-corrected chi connectivity index (χ3v) is 6.64. The average Bonchev–Trinajstić information content (AvgIpc) is 3.49. The molecule has 3 atom stereocenters. The number of alkyl carbamates (subject to hydrolysis) is 1. The molecule has 10 nitrogen and oxygen atoms in total. The van der Waals surface area contributed by atoms with Crippen LogP contribution in [0.1, 0.15) is 58.5 Å². The van der Waals surface area contributed by atoms with Crippen LogP contribution in [0.5, 0.6) is 0 Å². The van der Waals surface area contributed by atoms with Crippen molar-refractivity contribution < 1.29 is 23.1 Å². The van der Waals surface area contributed by atoms with Gasteiger partial charge in [0.15, 0.2) is 0 Å². The number of ether oxygens (including phenoxy) is 1. The van der Waals surface area contributed by atoms with Crippen molar-refractivity contribution in [3.8, 4) is 10.6 Å². The van der Waals surface area contributed by atoms with E-state index in [2.05, 4.69) is 25.3 Å². The van der Waals surface area contributed by atoms with E-state index in [9.17, 15) is 18.4 Å². The number of thiophene rings is 1. The normalized spacial score (nSPS) is 14.0. The van der Waals surface area contributed by atoms with Crippen LogP contribution in [0, 0.1) is 5.92 Å². The summed E-state index contributed by atoms with van der Waals surface area (Å²) in [5, 5.41) is 7.73. The SMILES string of the molecule is CC(C)C[C@H](NC(=O)OC(C)(C)C)C(=O)N[C@@H](Cc1ccc(NS(=O)[O-])cc1)c1ncc(-c2cccs2)[nH]1. The first-order valence-corrected chi connectivity index (χ1v) is 14.2. The topological polar surface area (TPSA) is 148 Å². The number of carbonyl (C=O) groups is 2. The van der Waals surface area contributed by atoms with E-state index in [0.717, 1.165) is 16.1 Å². The molecule has 206 valence electrons. The highest BCUT2D eigenvalue weighted by Crippen LogP contribution is 2.26. The summed E-state index contributed by atoms with van der Waals surface area (Å²) in [7, 11) is 0. The molecule has 1 aromatic carbocycles. The van der Waals surface area contributed by atoms with Gasteiger partial charge in [-0.2, -0.15) is 0 Å². The Bertz CT molecular complexity index is 1220. The smallest absolute Gasteiger partial charge is 0.408 e. The van der Waals surface area contributed by atoms with Gasteiger partial charge in [0.25, 0.3) is 0 Å². The van der Waals surface area contributed by atoms with Crippen molar-refractivity contribution in [3.05, 3.63) is 59.4 Å². The first kappa shape index (κ1) is 29.3. The van der Waals surface area contributed by atoms with Gasteiger partial charge in [0.2, 0.25) is 5.91 Å². The Kier molecular flexibility index (Phi) is 10.1.